The van der Waals surface area contributed by atoms with E-state index in [1.54, 1.807) is 30.3 Å². The number of imidazole rings is 1. The molecule has 9 heteroatoms. The fourth-order valence-corrected chi connectivity index (χ4v) is 2.65. The van der Waals surface area contributed by atoms with Crippen LogP contribution in [-0.4, -0.2) is 27.0 Å². The number of fused-ring (bicyclic) bond motifs is 2. The molecule has 3 heterocycles. The maximum atomic E-state index is 11.3. The zero-order valence-electron chi connectivity index (χ0n) is 12.7. The number of aromatic amines is 2. The number of hydrogen-bond acceptors (Lipinski definition) is 7. The molecule has 0 spiro atoms. The van der Waals surface area contributed by atoms with Gasteiger partial charge in [-0.3, -0.25) is 0 Å². The van der Waals surface area contributed by atoms with Crippen LogP contribution in [0, 0.1) is 0 Å². The van der Waals surface area contributed by atoms with E-state index in [1.165, 1.54) is 0 Å². The van der Waals surface area contributed by atoms with Crippen molar-refractivity contribution in [1.29, 1.82) is 0 Å². The van der Waals surface area contributed by atoms with Gasteiger partial charge in [0.25, 0.3) is 0 Å². The predicted molar refractivity (Wildman–Crippen MR) is 88.1 cm³/mol. The largest absolute Gasteiger partial charge is 0.454 e. The van der Waals surface area contributed by atoms with E-state index in [-0.39, 0.29) is 18.5 Å². The lowest BCUT2D eigenvalue weighted by Gasteiger charge is -2.01. The maximum Gasteiger partial charge on any atom is 0.323 e. The van der Waals surface area contributed by atoms with Gasteiger partial charge in [-0.25, -0.2) is 4.79 Å². The number of H-pyrrole nitrogens is 2. The van der Waals surface area contributed by atoms with Gasteiger partial charge in [0.1, 0.15) is 0 Å². The predicted octanol–water partition coefficient (Wildman–Crippen LogP) is 2.38. The summed E-state index contributed by atoms with van der Waals surface area (Å²) in [5.74, 6) is 1.69. The van der Waals surface area contributed by atoms with Crippen molar-refractivity contribution < 1.29 is 13.9 Å². The van der Waals surface area contributed by atoms with Crippen LogP contribution in [0.1, 0.15) is 0 Å². The van der Waals surface area contributed by atoms with Crippen LogP contribution in [0.4, 0.5) is 11.7 Å². The van der Waals surface area contributed by atoms with E-state index in [2.05, 4.69) is 25.5 Å². The van der Waals surface area contributed by atoms with Crippen molar-refractivity contribution in [3.05, 3.63) is 46.9 Å². The Hall–Kier alpha value is -3.75. The Bertz CT molecular complexity index is 1140. The van der Waals surface area contributed by atoms with E-state index >= 15 is 0 Å². The molecule has 0 saturated carbocycles. The Morgan fingerprint density at radius 1 is 0.960 bits per heavy atom. The summed E-state index contributed by atoms with van der Waals surface area (Å²) < 4.78 is 16.3. The number of aromatic nitrogens is 4. The van der Waals surface area contributed by atoms with Gasteiger partial charge in [-0.1, -0.05) is 5.10 Å². The molecule has 0 atom stereocenters. The molecule has 0 bridgehead atoms. The molecule has 25 heavy (non-hydrogen) atoms. The summed E-state index contributed by atoms with van der Waals surface area (Å²) in [6.45, 7) is 0.207. The van der Waals surface area contributed by atoms with Crippen LogP contribution in [0.25, 0.3) is 22.5 Å². The molecule has 0 saturated heterocycles. The minimum atomic E-state index is -0.255. The molecule has 3 N–H and O–H groups in total. The first-order chi connectivity index (χ1) is 12.2. The maximum absolute atomic E-state index is 11.3. The number of rotatable bonds is 3. The SMILES string of the molecule is O=c1[nH]c2ccc(Nc3nnc(-c4ccc5c(c4)OCO5)o3)cc2[nH]1. The van der Waals surface area contributed by atoms with Crippen molar-refractivity contribution in [3.63, 3.8) is 0 Å². The lowest BCUT2D eigenvalue weighted by Crippen LogP contribution is -1.99. The van der Waals surface area contributed by atoms with Crippen molar-refractivity contribution in [2.75, 3.05) is 12.1 Å². The van der Waals surface area contributed by atoms with Gasteiger partial charge < -0.3 is 29.2 Å². The topological polar surface area (TPSA) is 118 Å². The third kappa shape index (κ3) is 2.38. The second-order valence-corrected chi connectivity index (χ2v) is 5.44. The molecule has 0 fully saturated rings. The Morgan fingerprint density at radius 2 is 1.84 bits per heavy atom. The molecule has 5 rings (SSSR count). The highest BCUT2D eigenvalue weighted by molar-refractivity contribution is 5.79. The van der Waals surface area contributed by atoms with Crippen LogP contribution in [0.2, 0.25) is 0 Å². The molecule has 0 amide bonds. The van der Waals surface area contributed by atoms with Crippen molar-refractivity contribution in [2.24, 2.45) is 0 Å². The van der Waals surface area contributed by atoms with E-state index < -0.39 is 0 Å². The zero-order valence-corrected chi connectivity index (χ0v) is 12.7. The average Bonchev–Trinajstić information content (AvgIpc) is 3.32. The number of hydrogen-bond donors (Lipinski definition) is 3. The third-order valence-corrected chi connectivity index (χ3v) is 3.81. The first kappa shape index (κ1) is 13.7. The minimum absolute atomic E-state index is 0.207. The normalized spacial score (nSPS) is 12.6. The Balaban J connectivity index is 1.42. The first-order valence-electron chi connectivity index (χ1n) is 7.47. The number of nitrogens with zero attached hydrogens (tertiary/aromatic N) is 2. The summed E-state index contributed by atoms with van der Waals surface area (Å²) in [6, 6.07) is 11.0. The Labute approximate surface area is 139 Å². The Morgan fingerprint density at radius 3 is 2.80 bits per heavy atom. The Kier molecular flexibility index (Phi) is 2.80. The van der Waals surface area contributed by atoms with Crippen LogP contribution in [-0.2, 0) is 0 Å². The lowest BCUT2D eigenvalue weighted by molar-refractivity contribution is 0.174. The highest BCUT2D eigenvalue weighted by Crippen LogP contribution is 2.35. The summed E-state index contributed by atoms with van der Waals surface area (Å²) in [5, 5.41) is 11.0. The van der Waals surface area contributed by atoms with Crippen molar-refractivity contribution in [1.82, 2.24) is 20.2 Å². The summed E-state index contributed by atoms with van der Waals surface area (Å²) in [6.07, 6.45) is 0. The molecule has 1 aliphatic heterocycles. The van der Waals surface area contributed by atoms with Gasteiger partial charge in [0, 0.05) is 11.3 Å². The summed E-state index contributed by atoms with van der Waals surface area (Å²) in [7, 11) is 0. The van der Waals surface area contributed by atoms with Gasteiger partial charge in [-0.15, -0.1) is 5.10 Å². The molecular formula is C16H11N5O4. The lowest BCUT2D eigenvalue weighted by atomic mass is 10.2. The van der Waals surface area contributed by atoms with Gasteiger partial charge in [-0.2, -0.15) is 0 Å². The molecular weight excluding hydrogens is 326 g/mol. The van der Waals surface area contributed by atoms with Gasteiger partial charge in [0.05, 0.1) is 11.0 Å². The molecule has 9 nitrogen and oxygen atoms in total. The smallest absolute Gasteiger partial charge is 0.323 e. The summed E-state index contributed by atoms with van der Waals surface area (Å²) in [5.41, 5.74) is 2.60. The fraction of sp³-hybridized carbons (Fsp3) is 0.0625. The van der Waals surface area contributed by atoms with E-state index in [0.717, 1.165) is 11.1 Å². The van der Waals surface area contributed by atoms with Gasteiger partial charge in [0.2, 0.25) is 12.7 Å². The van der Waals surface area contributed by atoms with Crippen LogP contribution < -0.4 is 20.5 Å². The first-order valence-corrected chi connectivity index (χ1v) is 7.47. The van der Waals surface area contributed by atoms with Gasteiger partial charge in [0.15, 0.2) is 11.5 Å². The number of benzene rings is 2. The number of ether oxygens (including phenoxy) is 2. The van der Waals surface area contributed by atoms with Crippen LogP contribution in [0.15, 0.2) is 45.6 Å². The standard InChI is InChI=1S/C16H11N5O4/c22-15-18-10-3-2-9(6-11(10)19-15)17-16-21-20-14(25-16)8-1-4-12-13(5-8)24-7-23-12/h1-6H,7H2,(H,17,21)(H2,18,19,22). The molecule has 0 radical (unpaired) electrons. The van der Waals surface area contributed by atoms with Crippen LogP contribution >= 0.6 is 0 Å². The molecule has 0 aliphatic carbocycles. The van der Waals surface area contributed by atoms with E-state index in [4.69, 9.17) is 13.9 Å². The number of nitrogens with one attached hydrogen (secondary N) is 3. The second-order valence-electron chi connectivity index (χ2n) is 5.44. The third-order valence-electron chi connectivity index (χ3n) is 3.81. The monoisotopic (exact) mass is 337 g/mol. The van der Waals surface area contributed by atoms with E-state index in [1.807, 2.05) is 6.07 Å². The van der Waals surface area contributed by atoms with Crippen LogP contribution in [0.3, 0.4) is 0 Å². The van der Waals surface area contributed by atoms with Crippen molar-refractivity contribution >= 4 is 22.7 Å². The second kappa shape index (κ2) is 5.13. The molecule has 0 unspecified atom stereocenters. The van der Waals surface area contributed by atoms with Gasteiger partial charge >= 0.3 is 11.7 Å². The molecule has 2 aromatic carbocycles. The zero-order chi connectivity index (χ0) is 16.8. The summed E-state index contributed by atoms with van der Waals surface area (Å²) in [4.78, 5) is 16.7. The van der Waals surface area contributed by atoms with E-state index in [9.17, 15) is 4.79 Å². The quantitative estimate of drug-likeness (QED) is 0.525. The molecule has 2 aromatic heterocycles. The number of anilines is 2. The minimum Gasteiger partial charge on any atom is -0.454 e. The average molecular weight is 337 g/mol. The van der Waals surface area contributed by atoms with Crippen molar-refractivity contribution in [2.45, 2.75) is 0 Å². The van der Waals surface area contributed by atoms with Crippen molar-refractivity contribution in [3.8, 4) is 23.0 Å². The van der Waals surface area contributed by atoms with E-state index in [0.29, 0.717) is 28.6 Å². The fourth-order valence-electron chi connectivity index (χ4n) is 2.65. The molecule has 4 aromatic rings. The highest BCUT2D eigenvalue weighted by Gasteiger charge is 2.16. The molecule has 1 aliphatic rings. The summed E-state index contributed by atoms with van der Waals surface area (Å²) >= 11 is 0. The van der Waals surface area contributed by atoms with Crippen LogP contribution in [0.5, 0.6) is 11.5 Å². The molecule has 124 valence electrons. The highest BCUT2D eigenvalue weighted by atomic mass is 16.7. The van der Waals surface area contributed by atoms with Gasteiger partial charge in [-0.05, 0) is 36.4 Å².